The minimum absolute atomic E-state index is 0.291. The van der Waals surface area contributed by atoms with E-state index in [1.807, 2.05) is 0 Å². The first kappa shape index (κ1) is 18.2. The molecule has 1 heterocycles. The fourth-order valence-corrected chi connectivity index (χ4v) is 3.02. The van der Waals surface area contributed by atoms with Crippen molar-refractivity contribution in [1.29, 1.82) is 0 Å². The van der Waals surface area contributed by atoms with Gasteiger partial charge in [0.15, 0.2) is 0 Å². The molecule has 2 aromatic rings. The van der Waals surface area contributed by atoms with E-state index in [0.29, 0.717) is 0 Å². The molecule has 1 fully saturated rings. The normalized spacial score (nSPS) is 18.7. The van der Waals surface area contributed by atoms with Gasteiger partial charge in [-0.25, -0.2) is 0 Å². The quantitative estimate of drug-likeness (QED) is 0.778. The van der Waals surface area contributed by atoms with Gasteiger partial charge >= 0.3 is 7.12 Å². The molecule has 0 unspecified atom stereocenters. The minimum atomic E-state index is -0.299. The molecule has 1 aliphatic heterocycles. The van der Waals surface area contributed by atoms with Gasteiger partial charge in [-0.2, -0.15) is 0 Å². The fourth-order valence-electron chi connectivity index (χ4n) is 3.02. The number of rotatable bonds is 5. The Bertz CT molecular complexity index is 682. The Morgan fingerprint density at radius 3 is 1.76 bits per heavy atom. The largest absolute Gasteiger partial charge is 0.494 e. The Morgan fingerprint density at radius 2 is 1.24 bits per heavy atom. The van der Waals surface area contributed by atoms with Crippen LogP contribution in [0.2, 0.25) is 0 Å². The zero-order valence-corrected chi connectivity index (χ0v) is 16.0. The van der Waals surface area contributed by atoms with E-state index in [0.717, 1.165) is 18.6 Å². The summed E-state index contributed by atoms with van der Waals surface area (Å²) in [5.41, 5.74) is 3.10. The maximum atomic E-state index is 6.12. The SMILES string of the molecule is CN(Cc1ccccc1)Cc1ccc(B2OC(C)(C)C(C)(C)O2)cc1. The topological polar surface area (TPSA) is 21.7 Å². The molecule has 0 N–H and O–H groups in total. The number of hydrogen-bond acceptors (Lipinski definition) is 3. The molecule has 2 aromatic carbocycles. The molecule has 25 heavy (non-hydrogen) atoms. The third-order valence-corrected chi connectivity index (χ3v) is 5.25. The standard InChI is InChI=1S/C21H28BNO2/c1-20(2)21(3,4)25-22(24-20)19-13-11-18(12-14-19)16-23(5)15-17-9-7-6-8-10-17/h6-14H,15-16H2,1-5H3. The second-order valence-corrected chi connectivity index (χ2v) is 7.99. The van der Waals surface area contributed by atoms with Crippen LogP contribution in [0.1, 0.15) is 38.8 Å². The van der Waals surface area contributed by atoms with E-state index >= 15 is 0 Å². The van der Waals surface area contributed by atoms with Crippen LogP contribution in [-0.2, 0) is 22.4 Å². The van der Waals surface area contributed by atoms with E-state index in [-0.39, 0.29) is 18.3 Å². The van der Waals surface area contributed by atoms with Crippen molar-refractivity contribution in [3.05, 3.63) is 65.7 Å². The molecule has 3 nitrogen and oxygen atoms in total. The summed E-state index contributed by atoms with van der Waals surface area (Å²) in [6, 6.07) is 19.1. The average Bonchev–Trinajstić information content (AvgIpc) is 2.77. The van der Waals surface area contributed by atoms with Crippen LogP contribution in [0.3, 0.4) is 0 Å². The van der Waals surface area contributed by atoms with Gasteiger partial charge in [0.05, 0.1) is 11.2 Å². The summed E-state index contributed by atoms with van der Waals surface area (Å²) in [7, 11) is 1.86. The highest BCUT2D eigenvalue weighted by atomic mass is 16.7. The number of nitrogens with zero attached hydrogens (tertiary/aromatic N) is 1. The summed E-state index contributed by atoms with van der Waals surface area (Å²) < 4.78 is 12.2. The van der Waals surface area contributed by atoms with Crippen LogP contribution >= 0.6 is 0 Å². The molecule has 0 amide bonds. The second-order valence-electron chi connectivity index (χ2n) is 7.99. The Kier molecular flexibility index (Phi) is 5.05. The van der Waals surface area contributed by atoms with Crippen LogP contribution in [0, 0.1) is 0 Å². The van der Waals surface area contributed by atoms with Gasteiger partial charge in [0.1, 0.15) is 0 Å². The van der Waals surface area contributed by atoms with Crippen LogP contribution in [0.4, 0.5) is 0 Å². The lowest BCUT2D eigenvalue weighted by Gasteiger charge is -2.32. The molecule has 0 radical (unpaired) electrons. The zero-order valence-electron chi connectivity index (χ0n) is 16.0. The predicted octanol–water partition coefficient (Wildman–Crippen LogP) is 3.62. The molecule has 0 atom stereocenters. The fraction of sp³-hybridized carbons (Fsp3) is 0.429. The van der Waals surface area contributed by atoms with E-state index in [9.17, 15) is 0 Å². The van der Waals surface area contributed by atoms with Crippen molar-refractivity contribution in [2.45, 2.75) is 52.0 Å². The van der Waals surface area contributed by atoms with Gasteiger partial charge in [-0.05, 0) is 51.3 Å². The maximum Gasteiger partial charge on any atom is 0.494 e. The van der Waals surface area contributed by atoms with E-state index < -0.39 is 0 Å². The maximum absolute atomic E-state index is 6.12. The van der Waals surface area contributed by atoms with Crippen molar-refractivity contribution >= 4 is 12.6 Å². The van der Waals surface area contributed by atoms with E-state index in [1.54, 1.807) is 0 Å². The molecule has 1 saturated heterocycles. The van der Waals surface area contributed by atoms with Gasteiger partial charge < -0.3 is 9.31 Å². The first-order chi connectivity index (χ1) is 11.8. The first-order valence-corrected chi connectivity index (χ1v) is 8.94. The number of hydrogen-bond donors (Lipinski definition) is 0. The van der Waals surface area contributed by atoms with E-state index in [1.165, 1.54) is 11.1 Å². The van der Waals surface area contributed by atoms with Gasteiger partial charge in [-0.1, -0.05) is 54.6 Å². The summed E-state index contributed by atoms with van der Waals surface area (Å²) in [4.78, 5) is 2.32. The third kappa shape index (κ3) is 4.14. The monoisotopic (exact) mass is 337 g/mol. The zero-order chi connectivity index (χ0) is 18.1. The number of benzene rings is 2. The van der Waals surface area contributed by atoms with Crippen LogP contribution < -0.4 is 5.46 Å². The highest BCUT2D eigenvalue weighted by molar-refractivity contribution is 6.62. The molecule has 4 heteroatoms. The predicted molar refractivity (Wildman–Crippen MR) is 104 cm³/mol. The van der Waals surface area contributed by atoms with Crippen molar-refractivity contribution in [2.24, 2.45) is 0 Å². The van der Waals surface area contributed by atoms with Crippen molar-refractivity contribution in [1.82, 2.24) is 4.90 Å². The van der Waals surface area contributed by atoms with Crippen LogP contribution in [0.5, 0.6) is 0 Å². The Labute approximate surface area is 152 Å². The van der Waals surface area contributed by atoms with Gasteiger partial charge in [-0.15, -0.1) is 0 Å². The molecule has 0 aliphatic carbocycles. The highest BCUT2D eigenvalue weighted by Crippen LogP contribution is 2.36. The molecule has 1 aliphatic rings. The molecular formula is C21H28BNO2. The van der Waals surface area contributed by atoms with Crippen molar-refractivity contribution in [3.63, 3.8) is 0 Å². The van der Waals surface area contributed by atoms with Crippen LogP contribution in [0.15, 0.2) is 54.6 Å². The lowest BCUT2D eigenvalue weighted by Crippen LogP contribution is -2.41. The Morgan fingerprint density at radius 1 is 0.760 bits per heavy atom. The summed E-state index contributed by atoms with van der Waals surface area (Å²) in [5.74, 6) is 0. The summed E-state index contributed by atoms with van der Waals surface area (Å²) >= 11 is 0. The van der Waals surface area contributed by atoms with Gasteiger partial charge in [0.2, 0.25) is 0 Å². The Hall–Kier alpha value is -1.62. The lowest BCUT2D eigenvalue weighted by molar-refractivity contribution is 0.00578. The van der Waals surface area contributed by atoms with Gasteiger partial charge in [-0.3, -0.25) is 4.90 Å². The van der Waals surface area contributed by atoms with Crippen LogP contribution in [0.25, 0.3) is 0 Å². The smallest absolute Gasteiger partial charge is 0.399 e. The molecule has 0 bridgehead atoms. The molecule has 0 aromatic heterocycles. The van der Waals surface area contributed by atoms with Crippen molar-refractivity contribution in [3.8, 4) is 0 Å². The molecule has 0 saturated carbocycles. The third-order valence-electron chi connectivity index (χ3n) is 5.25. The van der Waals surface area contributed by atoms with E-state index in [2.05, 4.69) is 94.2 Å². The lowest BCUT2D eigenvalue weighted by atomic mass is 9.79. The van der Waals surface area contributed by atoms with E-state index in [4.69, 9.17) is 9.31 Å². The summed E-state index contributed by atoms with van der Waals surface area (Å²) in [5, 5.41) is 0. The summed E-state index contributed by atoms with van der Waals surface area (Å²) in [6.07, 6.45) is 0. The second kappa shape index (κ2) is 6.95. The average molecular weight is 337 g/mol. The highest BCUT2D eigenvalue weighted by Gasteiger charge is 2.51. The van der Waals surface area contributed by atoms with Crippen LogP contribution in [-0.4, -0.2) is 30.3 Å². The first-order valence-electron chi connectivity index (χ1n) is 8.94. The summed E-state index contributed by atoms with van der Waals surface area (Å²) in [6.45, 7) is 10.2. The van der Waals surface area contributed by atoms with Crippen molar-refractivity contribution < 1.29 is 9.31 Å². The molecule has 0 spiro atoms. The molecule has 132 valence electrons. The van der Waals surface area contributed by atoms with Gasteiger partial charge in [0, 0.05) is 13.1 Å². The van der Waals surface area contributed by atoms with Gasteiger partial charge in [0.25, 0.3) is 0 Å². The molecular weight excluding hydrogens is 309 g/mol. The van der Waals surface area contributed by atoms with Crippen molar-refractivity contribution in [2.75, 3.05) is 7.05 Å². The minimum Gasteiger partial charge on any atom is -0.399 e. The Balaban J connectivity index is 1.61. The molecule has 3 rings (SSSR count).